The third kappa shape index (κ3) is 4.68. The van der Waals surface area contributed by atoms with Crippen LogP contribution in [0.4, 0.5) is 11.4 Å². The number of methoxy groups -OCH3 is 1. The first-order chi connectivity index (χ1) is 14.2. The van der Waals surface area contributed by atoms with Crippen LogP contribution in [0.15, 0.2) is 70.3 Å². The van der Waals surface area contributed by atoms with E-state index in [0.29, 0.717) is 13.1 Å². The Kier molecular flexibility index (Phi) is 6.27. The average molecular weight is 426 g/mol. The van der Waals surface area contributed by atoms with Crippen molar-refractivity contribution in [3.05, 3.63) is 71.6 Å². The lowest BCUT2D eigenvalue weighted by Crippen LogP contribution is -2.48. The van der Waals surface area contributed by atoms with Gasteiger partial charge >= 0.3 is 0 Å². The van der Waals surface area contributed by atoms with Crippen molar-refractivity contribution in [1.82, 2.24) is 4.90 Å². The van der Waals surface area contributed by atoms with E-state index >= 15 is 0 Å². The molecule has 4 rings (SSSR count). The first-order valence-corrected chi connectivity index (χ1v) is 11.2. The topological polar surface area (TPSA) is 44.8 Å². The second-order valence-corrected chi connectivity index (χ2v) is 8.72. The predicted molar refractivity (Wildman–Crippen MR) is 121 cm³/mol. The number of nitrogens with zero attached hydrogens (tertiary/aromatic N) is 2. The van der Waals surface area contributed by atoms with E-state index in [1.165, 1.54) is 4.21 Å². The number of rotatable bonds is 6. The van der Waals surface area contributed by atoms with Gasteiger partial charge in [-0.15, -0.1) is 11.3 Å². The number of piperazine rings is 1. The van der Waals surface area contributed by atoms with Crippen molar-refractivity contribution in [2.45, 2.75) is 4.21 Å². The van der Waals surface area contributed by atoms with Crippen LogP contribution in [-0.2, 0) is 0 Å². The van der Waals surface area contributed by atoms with Crippen LogP contribution < -0.4 is 14.4 Å². The fourth-order valence-electron chi connectivity index (χ4n) is 3.34. The Morgan fingerprint density at radius 3 is 2.45 bits per heavy atom. The molecule has 2 aromatic carbocycles. The summed E-state index contributed by atoms with van der Waals surface area (Å²) in [6.07, 6.45) is 0. The number of para-hydroxylation sites is 2. The molecule has 0 aliphatic carbocycles. The minimum Gasteiger partial charge on any atom is -0.495 e. The molecule has 1 aliphatic heterocycles. The highest BCUT2D eigenvalue weighted by Gasteiger charge is 2.23. The van der Waals surface area contributed by atoms with Gasteiger partial charge in [-0.1, -0.05) is 18.2 Å². The van der Waals surface area contributed by atoms with Gasteiger partial charge in [-0.2, -0.15) is 0 Å². The third-order valence-corrected chi connectivity index (χ3v) is 6.76. The standard InChI is InChI=1S/C22H23N3O2S2/c1-27-20-6-3-2-5-19(20)24-12-14-25(15-13-24)22(26)17-8-10-18(11-9-17)23-29-21-7-4-16-28-21/h2-11,16,23H,12-15H2,1H3. The highest BCUT2D eigenvalue weighted by molar-refractivity contribution is 8.02. The number of carbonyl (C=O) groups excluding carboxylic acids is 1. The minimum absolute atomic E-state index is 0.0853. The number of ether oxygens (including phenoxy) is 1. The molecule has 1 N–H and O–H groups in total. The zero-order valence-corrected chi connectivity index (χ0v) is 17.8. The zero-order chi connectivity index (χ0) is 20.1. The van der Waals surface area contributed by atoms with Crippen molar-refractivity contribution in [2.24, 2.45) is 0 Å². The van der Waals surface area contributed by atoms with Gasteiger partial charge in [0.1, 0.15) is 5.75 Å². The summed E-state index contributed by atoms with van der Waals surface area (Å²) < 4.78 is 9.99. The van der Waals surface area contributed by atoms with Crippen molar-refractivity contribution in [3.8, 4) is 5.75 Å². The molecule has 1 aromatic heterocycles. The van der Waals surface area contributed by atoms with Gasteiger partial charge in [0.2, 0.25) is 0 Å². The lowest BCUT2D eigenvalue weighted by Gasteiger charge is -2.36. The van der Waals surface area contributed by atoms with Crippen LogP contribution in [0.5, 0.6) is 5.75 Å². The second kappa shape index (κ2) is 9.24. The Morgan fingerprint density at radius 1 is 1.00 bits per heavy atom. The number of nitrogens with one attached hydrogen (secondary N) is 1. The van der Waals surface area contributed by atoms with E-state index < -0.39 is 0 Å². The zero-order valence-electron chi connectivity index (χ0n) is 16.2. The van der Waals surface area contributed by atoms with Crippen LogP contribution in [0.1, 0.15) is 10.4 Å². The lowest BCUT2D eigenvalue weighted by atomic mass is 10.1. The fourth-order valence-corrected chi connectivity index (χ4v) is 4.77. The number of anilines is 2. The van der Waals surface area contributed by atoms with Gasteiger partial charge in [0.05, 0.1) is 17.0 Å². The van der Waals surface area contributed by atoms with Crippen molar-refractivity contribution < 1.29 is 9.53 Å². The van der Waals surface area contributed by atoms with E-state index in [9.17, 15) is 4.79 Å². The summed E-state index contributed by atoms with van der Waals surface area (Å²) in [6, 6.07) is 19.8. The van der Waals surface area contributed by atoms with Crippen molar-refractivity contribution in [1.29, 1.82) is 0 Å². The molecule has 2 heterocycles. The number of carbonyl (C=O) groups is 1. The van der Waals surface area contributed by atoms with Gasteiger partial charge in [-0.3, -0.25) is 4.79 Å². The molecule has 0 bridgehead atoms. The molecule has 1 saturated heterocycles. The molecule has 0 unspecified atom stereocenters. The maximum absolute atomic E-state index is 12.9. The summed E-state index contributed by atoms with van der Waals surface area (Å²) in [5, 5.41) is 2.05. The smallest absolute Gasteiger partial charge is 0.253 e. The van der Waals surface area contributed by atoms with Crippen molar-refractivity contribution in [3.63, 3.8) is 0 Å². The van der Waals surface area contributed by atoms with E-state index in [1.807, 2.05) is 53.4 Å². The SMILES string of the molecule is COc1ccccc1N1CCN(C(=O)c2ccc(NSc3cccs3)cc2)CC1. The summed E-state index contributed by atoms with van der Waals surface area (Å²) in [5.41, 5.74) is 2.80. The largest absolute Gasteiger partial charge is 0.495 e. The lowest BCUT2D eigenvalue weighted by molar-refractivity contribution is 0.0746. The first-order valence-electron chi connectivity index (χ1n) is 9.48. The van der Waals surface area contributed by atoms with Crippen LogP contribution in [0.3, 0.4) is 0 Å². The Morgan fingerprint density at radius 2 is 1.76 bits per heavy atom. The van der Waals surface area contributed by atoms with Gasteiger partial charge in [-0.25, -0.2) is 0 Å². The molecule has 0 radical (unpaired) electrons. The minimum atomic E-state index is 0.0853. The quantitative estimate of drug-likeness (QED) is 0.573. The molecule has 0 atom stereocenters. The van der Waals surface area contributed by atoms with Gasteiger partial charge in [0.15, 0.2) is 0 Å². The molecule has 3 aromatic rings. The Labute approximate surface area is 179 Å². The van der Waals surface area contributed by atoms with E-state index in [4.69, 9.17) is 4.74 Å². The molecule has 7 heteroatoms. The van der Waals surface area contributed by atoms with Crippen LogP contribution in [0, 0.1) is 0 Å². The maximum atomic E-state index is 12.9. The molecular weight excluding hydrogens is 402 g/mol. The molecule has 0 spiro atoms. The summed E-state index contributed by atoms with van der Waals surface area (Å²) in [6.45, 7) is 2.99. The van der Waals surface area contributed by atoms with Gasteiger partial charge < -0.3 is 19.3 Å². The molecule has 150 valence electrons. The summed E-state index contributed by atoms with van der Waals surface area (Å²) >= 11 is 3.28. The summed E-state index contributed by atoms with van der Waals surface area (Å²) in [7, 11) is 1.69. The molecular formula is C22H23N3O2S2. The highest BCUT2D eigenvalue weighted by Crippen LogP contribution is 2.29. The molecule has 1 fully saturated rings. The van der Waals surface area contributed by atoms with Gasteiger partial charge in [-0.05, 0) is 59.8 Å². The number of benzene rings is 2. The van der Waals surface area contributed by atoms with E-state index in [-0.39, 0.29) is 5.91 Å². The van der Waals surface area contributed by atoms with E-state index in [0.717, 1.165) is 35.8 Å². The molecule has 0 saturated carbocycles. The van der Waals surface area contributed by atoms with Crippen LogP contribution in [0.25, 0.3) is 0 Å². The molecule has 5 nitrogen and oxygen atoms in total. The number of amides is 1. The molecule has 29 heavy (non-hydrogen) atoms. The predicted octanol–water partition coefficient (Wildman–Crippen LogP) is 4.84. The Bertz CT molecular complexity index is 937. The second-order valence-electron chi connectivity index (χ2n) is 6.66. The first kappa shape index (κ1) is 19.7. The van der Waals surface area contributed by atoms with E-state index in [2.05, 4.69) is 27.1 Å². The average Bonchev–Trinajstić information content (AvgIpc) is 3.31. The Balaban J connectivity index is 1.33. The number of thiophene rings is 1. The Hall–Kier alpha value is -2.64. The monoisotopic (exact) mass is 425 g/mol. The molecule has 1 aliphatic rings. The van der Waals surface area contributed by atoms with Crippen LogP contribution in [0.2, 0.25) is 0 Å². The summed E-state index contributed by atoms with van der Waals surface area (Å²) in [4.78, 5) is 17.1. The highest BCUT2D eigenvalue weighted by atomic mass is 32.2. The van der Waals surface area contributed by atoms with Gasteiger partial charge in [0.25, 0.3) is 5.91 Å². The number of hydrogen-bond acceptors (Lipinski definition) is 6. The fraction of sp³-hybridized carbons (Fsp3) is 0.227. The summed E-state index contributed by atoms with van der Waals surface area (Å²) in [5.74, 6) is 0.956. The van der Waals surface area contributed by atoms with Crippen molar-refractivity contribution in [2.75, 3.05) is 42.9 Å². The van der Waals surface area contributed by atoms with Crippen LogP contribution >= 0.6 is 23.3 Å². The number of hydrogen-bond donors (Lipinski definition) is 1. The van der Waals surface area contributed by atoms with Crippen LogP contribution in [-0.4, -0.2) is 44.1 Å². The third-order valence-electron chi connectivity index (χ3n) is 4.89. The normalized spacial score (nSPS) is 14.0. The van der Waals surface area contributed by atoms with Gasteiger partial charge in [0, 0.05) is 37.4 Å². The maximum Gasteiger partial charge on any atom is 0.253 e. The van der Waals surface area contributed by atoms with E-state index in [1.54, 1.807) is 30.4 Å². The molecule has 1 amide bonds. The van der Waals surface area contributed by atoms with Crippen molar-refractivity contribution >= 4 is 40.6 Å².